The van der Waals surface area contributed by atoms with Gasteiger partial charge in [0.1, 0.15) is 18.5 Å². The third-order valence-electron chi connectivity index (χ3n) is 4.05. The van der Waals surface area contributed by atoms with Crippen LogP contribution in [0.25, 0.3) is 21.7 Å². The molecule has 128 valence electrons. The van der Waals surface area contributed by atoms with Crippen LogP contribution in [-0.2, 0) is 7.05 Å². The van der Waals surface area contributed by atoms with Gasteiger partial charge in [0.2, 0.25) is 5.52 Å². The minimum Gasteiger partial charge on any atom is -1.00 e. The number of halogens is 1. The zero-order valence-corrected chi connectivity index (χ0v) is 15.1. The molecule has 0 amide bonds. The largest absolute Gasteiger partial charge is 1.00 e. The average molecular weight is 350 g/mol. The first-order valence-corrected chi connectivity index (χ1v) is 7.23. The molecule has 1 heterocycles. The number of nitrogens with zero attached hydrogens (tertiary/aromatic N) is 1. The van der Waals surface area contributed by atoms with Gasteiger partial charge in [0.05, 0.1) is 45.3 Å². The van der Waals surface area contributed by atoms with Crippen molar-refractivity contribution in [2.24, 2.45) is 7.05 Å². The molecule has 5 nitrogen and oxygen atoms in total. The van der Waals surface area contributed by atoms with Crippen LogP contribution < -0.4 is 35.9 Å². The summed E-state index contributed by atoms with van der Waals surface area (Å²) in [7, 11) is 8.58. The van der Waals surface area contributed by atoms with Crippen LogP contribution in [0.15, 0.2) is 30.5 Å². The SMILES string of the molecule is COc1cc(OC)c2c3cc(OC)c(OC)cc3c[n+](C)c2c1.[Cl-]. The maximum Gasteiger partial charge on any atom is 0.220 e. The van der Waals surface area contributed by atoms with E-state index in [0.717, 1.165) is 33.2 Å². The molecule has 2 aromatic carbocycles. The molecule has 0 aliphatic carbocycles. The Hall–Kier alpha value is -2.40. The van der Waals surface area contributed by atoms with Gasteiger partial charge in [0.25, 0.3) is 0 Å². The molecule has 1 aromatic heterocycles. The molecule has 0 N–H and O–H groups in total. The lowest BCUT2D eigenvalue weighted by Crippen LogP contribution is -3.00. The number of methoxy groups -OCH3 is 4. The second-order valence-corrected chi connectivity index (χ2v) is 5.26. The van der Waals surface area contributed by atoms with Crippen molar-refractivity contribution in [1.82, 2.24) is 0 Å². The van der Waals surface area contributed by atoms with Crippen LogP contribution in [0.4, 0.5) is 0 Å². The zero-order valence-electron chi connectivity index (χ0n) is 14.3. The van der Waals surface area contributed by atoms with Crippen molar-refractivity contribution in [1.29, 1.82) is 0 Å². The van der Waals surface area contributed by atoms with Crippen molar-refractivity contribution in [3.05, 3.63) is 30.5 Å². The summed E-state index contributed by atoms with van der Waals surface area (Å²) in [4.78, 5) is 0. The first kappa shape index (κ1) is 17.9. The average Bonchev–Trinajstić information content (AvgIpc) is 2.59. The molecule has 0 saturated heterocycles. The molecule has 24 heavy (non-hydrogen) atoms. The van der Waals surface area contributed by atoms with Crippen molar-refractivity contribution >= 4 is 21.7 Å². The van der Waals surface area contributed by atoms with E-state index in [1.54, 1.807) is 28.4 Å². The summed E-state index contributed by atoms with van der Waals surface area (Å²) < 4.78 is 23.9. The Morgan fingerprint density at radius 2 is 1.38 bits per heavy atom. The smallest absolute Gasteiger partial charge is 0.220 e. The minimum absolute atomic E-state index is 0. The molecule has 0 atom stereocenters. The van der Waals surface area contributed by atoms with E-state index >= 15 is 0 Å². The van der Waals surface area contributed by atoms with E-state index in [1.807, 2.05) is 31.3 Å². The highest BCUT2D eigenvalue weighted by Crippen LogP contribution is 2.39. The number of pyridine rings is 1. The van der Waals surface area contributed by atoms with Crippen LogP contribution in [0.3, 0.4) is 0 Å². The predicted octanol–water partition coefficient (Wildman–Crippen LogP) is -0.144. The molecule has 0 bridgehead atoms. The van der Waals surface area contributed by atoms with Crippen molar-refractivity contribution in [2.45, 2.75) is 0 Å². The maximum atomic E-state index is 5.60. The highest BCUT2D eigenvalue weighted by atomic mass is 35.5. The van der Waals surface area contributed by atoms with E-state index in [-0.39, 0.29) is 12.4 Å². The van der Waals surface area contributed by atoms with Crippen molar-refractivity contribution in [2.75, 3.05) is 28.4 Å². The number of rotatable bonds is 4. The topological polar surface area (TPSA) is 40.8 Å². The molecule has 3 rings (SSSR count). The third kappa shape index (κ3) is 2.76. The van der Waals surface area contributed by atoms with Gasteiger partial charge in [-0.3, -0.25) is 0 Å². The second-order valence-electron chi connectivity index (χ2n) is 5.26. The van der Waals surface area contributed by atoms with Crippen LogP contribution in [0, 0.1) is 0 Å². The Morgan fingerprint density at radius 3 is 1.96 bits per heavy atom. The summed E-state index contributed by atoms with van der Waals surface area (Å²) in [6.45, 7) is 0. The molecule has 0 unspecified atom stereocenters. The summed E-state index contributed by atoms with van der Waals surface area (Å²) in [5.74, 6) is 2.90. The Balaban J connectivity index is 0.00000208. The number of hydrogen-bond acceptors (Lipinski definition) is 4. The Morgan fingerprint density at radius 1 is 0.750 bits per heavy atom. The van der Waals surface area contributed by atoms with E-state index < -0.39 is 0 Å². The van der Waals surface area contributed by atoms with Crippen LogP contribution >= 0.6 is 0 Å². The zero-order chi connectivity index (χ0) is 16.6. The lowest BCUT2D eigenvalue weighted by molar-refractivity contribution is -0.643. The van der Waals surface area contributed by atoms with Gasteiger partial charge in [0.15, 0.2) is 17.7 Å². The van der Waals surface area contributed by atoms with Gasteiger partial charge in [0, 0.05) is 11.5 Å². The van der Waals surface area contributed by atoms with Crippen LogP contribution in [-0.4, -0.2) is 28.4 Å². The number of aromatic nitrogens is 1. The van der Waals surface area contributed by atoms with Gasteiger partial charge < -0.3 is 31.4 Å². The first-order chi connectivity index (χ1) is 11.1. The van der Waals surface area contributed by atoms with Crippen molar-refractivity contribution < 1.29 is 35.9 Å². The standard InChI is InChI=1S/C18H20NO4.ClH/c1-19-10-11-6-15(21-3)16(22-4)9-13(11)18-14(19)7-12(20-2)8-17(18)23-5;/h6-10H,1-5H3;1H/q+1;/p-1. The highest BCUT2D eigenvalue weighted by Gasteiger charge is 2.19. The van der Waals surface area contributed by atoms with Gasteiger partial charge in [-0.2, -0.15) is 0 Å². The molecule has 3 aromatic rings. The van der Waals surface area contributed by atoms with Crippen molar-refractivity contribution in [3.8, 4) is 23.0 Å². The van der Waals surface area contributed by atoms with E-state index in [2.05, 4.69) is 10.8 Å². The molecule has 0 spiro atoms. The van der Waals surface area contributed by atoms with E-state index in [9.17, 15) is 0 Å². The van der Waals surface area contributed by atoms with E-state index in [0.29, 0.717) is 11.5 Å². The summed E-state index contributed by atoms with van der Waals surface area (Å²) >= 11 is 0. The number of benzene rings is 2. The molecule has 0 fully saturated rings. The van der Waals surface area contributed by atoms with E-state index in [1.165, 1.54) is 0 Å². The van der Waals surface area contributed by atoms with Gasteiger partial charge in [-0.25, -0.2) is 4.57 Å². The molecule has 6 heteroatoms. The van der Waals surface area contributed by atoms with Gasteiger partial charge in [-0.05, 0) is 12.1 Å². The molecule has 0 radical (unpaired) electrons. The predicted molar refractivity (Wildman–Crippen MR) is 88.8 cm³/mol. The summed E-state index contributed by atoms with van der Waals surface area (Å²) in [5, 5.41) is 3.09. The quantitative estimate of drug-likeness (QED) is 0.485. The molecule has 0 saturated carbocycles. The molecular weight excluding hydrogens is 330 g/mol. The first-order valence-electron chi connectivity index (χ1n) is 7.23. The number of hydrogen-bond donors (Lipinski definition) is 0. The van der Waals surface area contributed by atoms with Gasteiger partial charge in [-0.15, -0.1) is 0 Å². The lowest BCUT2D eigenvalue weighted by Gasteiger charge is -2.12. The lowest BCUT2D eigenvalue weighted by atomic mass is 10.0. The van der Waals surface area contributed by atoms with E-state index in [4.69, 9.17) is 18.9 Å². The fourth-order valence-electron chi connectivity index (χ4n) is 2.90. The second kappa shape index (κ2) is 7.01. The fourth-order valence-corrected chi connectivity index (χ4v) is 2.90. The van der Waals surface area contributed by atoms with Gasteiger partial charge in [-0.1, -0.05) is 0 Å². The van der Waals surface area contributed by atoms with Gasteiger partial charge >= 0.3 is 0 Å². The van der Waals surface area contributed by atoms with Crippen LogP contribution in [0.2, 0.25) is 0 Å². The molecular formula is C18H20ClNO4. The third-order valence-corrected chi connectivity index (χ3v) is 4.05. The maximum absolute atomic E-state index is 5.60. The number of fused-ring (bicyclic) bond motifs is 3. The summed E-state index contributed by atoms with van der Waals surface area (Å²) in [6, 6.07) is 7.83. The fraction of sp³-hybridized carbons (Fsp3) is 0.278. The monoisotopic (exact) mass is 349 g/mol. The molecule has 0 aliphatic heterocycles. The normalized spacial score (nSPS) is 10.4. The molecule has 0 aliphatic rings. The van der Waals surface area contributed by atoms with Crippen molar-refractivity contribution in [3.63, 3.8) is 0 Å². The Kier molecular flexibility index (Phi) is 5.24. The van der Waals surface area contributed by atoms with Crippen LogP contribution in [0.1, 0.15) is 0 Å². The number of ether oxygens (including phenoxy) is 4. The highest BCUT2D eigenvalue weighted by molar-refractivity contribution is 6.08. The minimum atomic E-state index is 0. The Bertz CT molecular complexity index is 895. The Labute approximate surface area is 147 Å². The van der Waals surface area contributed by atoms with Crippen LogP contribution in [0.5, 0.6) is 23.0 Å². The summed E-state index contributed by atoms with van der Waals surface area (Å²) in [6.07, 6.45) is 2.05. The summed E-state index contributed by atoms with van der Waals surface area (Å²) in [5.41, 5.74) is 1.01. The number of aryl methyl sites for hydroxylation is 1.